The van der Waals surface area contributed by atoms with Crippen molar-refractivity contribution < 1.29 is 23.9 Å². The molecule has 0 spiro atoms. The number of methoxy groups -OCH3 is 2. The number of nitrogens with one attached hydrogen (secondary N) is 3. The van der Waals surface area contributed by atoms with Gasteiger partial charge in [-0.2, -0.15) is 0 Å². The maximum atomic E-state index is 13.5. The molecule has 3 N–H and O–H groups in total. The van der Waals surface area contributed by atoms with Gasteiger partial charge in [0, 0.05) is 22.2 Å². The van der Waals surface area contributed by atoms with Crippen LogP contribution in [0.25, 0.3) is 17.2 Å². The lowest BCUT2D eigenvalue weighted by Gasteiger charge is -2.16. The zero-order chi connectivity index (χ0) is 34.8. The minimum atomic E-state index is -0.489. The number of rotatable bonds is 12. The van der Waals surface area contributed by atoms with E-state index in [4.69, 9.17) is 21.1 Å². The zero-order valence-electron chi connectivity index (χ0n) is 27.0. The average Bonchev–Trinajstić information content (AvgIpc) is 3.13. The standard InChI is InChI=1S/C39H34ClN3O5S/c1-25(37(44)42-33-23-32(40)35(47-2)24-36(33)48-3)49-31-20-18-30(19-21-31)41-39(46)34(43-38(45)29-12-8-5-9-13-29)22-26-14-16-28(17-15-26)27-10-6-4-7-11-27/h4-25H,1-3H3,(H,41,46)(H,42,44)(H,43,45)/b34-22-. The number of amides is 3. The second-order valence-corrected chi connectivity index (χ2v) is 12.6. The van der Waals surface area contributed by atoms with Crippen molar-refractivity contribution in [3.63, 3.8) is 0 Å². The summed E-state index contributed by atoms with van der Waals surface area (Å²) in [7, 11) is 3.00. The summed E-state index contributed by atoms with van der Waals surface area (Å²) in [6.45, 7) is 1.78. The van der Waals surface area contributed by atoms with Crippen molar-refractivity contribution in [1.29, 1.82) is 0 Å². The third-order valence-electron chi connectivity index (χ3n) is 7.38. The first-order chi connectivity index (χ1) is 23.7. The Hall–Kier alpha value is -5.51. The summed E-state index contributed by atoms with van der Waals surface area (Å²) < 4.78 is 10.6. The van der Waals surface area contributed by atoms with Crippen molar-refractivity contribution in [2.75, 3.05) is 24.9 Å². The van der Waals surface area contributed by atoms with E-state index in [9.17, 15) is 14.4 Å². The van der Waals surface area contributed by atoms with E-state index in [0.29, 0.717) is 33.5 Å². The van der Waals surface area contributed by atoms with E-state index in [-0.39, 0.29) is 11.6 Å². The number of carbonyl (C=O) groups excluding carboxylic acids is 3. The van der Waals surface area contributed by atoms with Crippen LogP contribution in [0.3, 0.4) is 0 Å². The Bertz CT molecular complexity index is 1950. The van der Waals surface area contributed by atoms with Crippen molar-refractivity contribution in [3.05, 3.63) is 143 Å². The van der Waals surface area contributed by atoms with Gasteiger partial charge in [0.25, 0.3) is 11.8 Å². The smallest absolute Gasteiger partial charge is 0.272 e. The van der Waals surface area contributed by atoms with Gasteiger partial charge in [0.15, 0.2) is 0 Å². The molecule has 0 aliphatic heterocycles. The molecule has 5 rings (SSSR count). The molecule has 0 radical (unpaired) electrons. The number of thioether (sulfide) groups is 1. The summed E-state index contributed by atoms with van der Waals surface area (Å²) in [5, 5.41) is 8.38. The van der Waals surface area contributed by atoms with Gasteiger partial charge >= 0.3 is 0 Å². The molecule has 5 aromatic carbocycles. The van der Waals surface area contributed by atoms with Gasteiger partial charge in [0.05, 0.1) is 30.2 Å². The van der Waals surface area contributed by atoms with Crippen LogP contribution in [0.4, 0.5) is 11.4 Å². The highest BCUT2D eigenvalue weighted by Gasteiger charge is 2.19. The molecule has 5 aromatic rings. The second-order valence-electron chi connectivity index (χ2n) is 10.8. The molecule has 0 saturated heterocycles. The van der Waals surface area contributed by atoms with Crippen molar-refractivity contribution >= 4 is 58.5 Å². The molecular formula is C39H34ClN3O5S. The van der Waals surface area contributed by atoms with E-state index < -0.39 is 17.1 Å². The Kier molecular flexibility index (Phi) is 11.8. The number of anilines is 2. The quantitative estimate of drug-likeness (QED) is 0.0895. The Morgan fingerprint density at radius 2 is 1.35 bits per heavy atom. The van der Waals surface area contributed by atoms with Crippen LogP contribution in [0.15, 0.2) is 132 Å². The Balaban J connectivity index is 1.27. The molecule has 0 saturated carbocycles. The topological polar surface area (TPSA) is 106 Å². The van der Waals surface area contributed by atoms with Gasteiger partial charge in [-0.1, -0.05) is 84.4 Å². The van der Waals surface area contributed by atoms with E-state index in [0.717, 1.165) is 21.6 Å². The number of benzene rings is 5. The van der Waals surface area contributed by atoms with Crippen LogP contribution in [0, 0.1) is 0 Å². The van der Waals surface area contributed by atoms with E-state index >= 15 is 0 Å². The van der Waals surface area contributed by atoms with Crippen LogP contribution in [-0.4, -0.2) is 37.2 Å². The minimum Gasteiger partial charge on any atom is -0.495 e. The van der Waals surface area contributed by atoms with Crippen LogP contribution in [0.1, 0.15) is 22.8 Å². The second kappa shape index (κ2) is 16.5. The van der Waals surface area contributed by atoms with Crippen molar-refractivity contribution in [3.8, 4) is 22.6 Å². The maximum absolute atomic E-state index is 13.5. The fourth-order valence-electron chi connectivity index (χ4n) is 4.78. The van der Waals surface area contributed by atoms with E-state index in [2.05, 4.69) is 16.0 Å². The molecular weight excluding hydrogens is 658 g/mol. The number of hydrogen-bond acceptors (Lipinski definition) is 6. The molecule has 1 unspecified atom stereocenters. The predicted molar refractivity (Wildman–Crippen MR) is 197 cm³/mol. The van der Waals surface area contributed by atoms with Crippen LogP contribution in [0.5, 0.6) is 11.5 Å². The van der Waals surface area contributed by atoms with Crippen LogP contribution < -0.4 is 25.4 Å². The molecule has 49 heavy (non-hydrogen) atoms. The van der Waals surface area contributed by atoms with Gasteiger partial charge in [-0.3, -0.25) is 14.4 Å². The third kappa shape index (κ3) is 9.31. The molecule has 0 fully saturated rings. The average molecular weight is 692 g/mol. The lowest BCUT2D eigenvalue weighted by molar-refractivity contribution is -0.115. The lowest BCUT2D eigenvalue weighted by Crippen LogP contribution is -2.30. The number of halogens is 1. The van der Waals surface area contributed by atoms with E-state index in [1.54, 1.807) is 61.5 Å². The van der Waals surface area contributed by atoms with Gasteiger partial charge in [-0.25, -0.2) is 0 Å². The fourth-order valence-corrected chi connectivity index (χ4v) is 5.88. The summed E-state index contributed by atoms with van der Waals surface area (Å²) in [6.07, 6.45) is 1.64. The van der Waals surface area contributed by atoms with Gasteiger partial charge in [0.2, 0.25) is 5.91 Å². The van der Waals surface area contributed by atoms with E-state index in [1.165, 1.54) is 26.0 Å². The normalized spacial score (nSPS) is 11.6. The molecule has 0 aromatic heterocycles. The van der Waals surface area contributed by atoms with Crippen LogP contribution >= 0.6 is 23.4 Å². The zero-order valence-corrected chi connectivity index (χ0v) is 28.6. The van der Waals surface area contributed by atoms with Gasteiger partial charge in [-0.15, -0.1) is 11.8 Å². The first-order valence-corrected chi connectivity index (χ1v) is 16.5. The molecule has 0 bridgehead atoms. The summed E-state index contributed by atoms with van der Waals surface area (Å²) in [4.78, 5) is 40.4. The Morgan fingerprint density at radius 3 is 1.98 bits per heavy atom. The van der Waals surface area contributed by atoms with Crippen LogP contribution in [-0.2, 0) is 9.59 Å². The fraction of sp³-hybridized carbons (Fsp3) is 0.103. The van der Waals surface area contributed by atoms with Gasteiger partial charge in [0.1, 0.15) is 17.2 Å². The lowest BCUT2D eigenvalue weighted by atomic mass is 10.0. The SMILES string of the molecule is COc1cc(OC)c(NC(=O)C(C)Sc2ccc(NC(=O)/C(=C/c3ccc(-c4ccccc4)cc3)NC(=O)c3ccccc3)cc2)cc1Cl. The summed E-state index contributed by atoms with van der Waals surface area (Å²) in [5.41, 5.74) is 4.31. The van der Waals surface area contributed by atoms with Crippen LogP contribution in [0.2, 0.25) is 5.02 Å². The highest BCUT2D eigenvalue weighted by atomic mass is 35.5. The summed E-state index contributed by atoms with van der Waals surface area (Å²) in [5.74, 6) is -0.287. The Morgan fingerprint density at radius 1 is 0.735 bits per heavy atom. The molecule has 0 heterocycles. The maximum Gasteiger partial charge on any atom is 0.272 e. The monoisotopic (exact) mass is 691 g/mol. The number of ether oxygens (including phenoxy) is 2. The first-order valence-electron chi connectivity index (χ1n) is 15.3. The third-order valence-corrected chi connectivity index (χ3v) is 8.79. The van der Waals surface area contributed by atoms with Crippen molar-refractivity contribution in [1.82, 2.24) is 5.32 Å². The number of hydrogen-bond donors (Lipinski definition) is 3. The van der Waals surface area contributed by atoms with Crippen molar-refractivity contribution in [2.45, 2.75) is 17.1 Å². The van der Waals surface area contributed by atoms with Gasteiger partial charge in [-0.05, 0) is 72.2 Å². The summed E-state index contributed by atoms with van der Waals surface area (Å²) in [6, 6.07) is 36.7. The molecule has 248 valence electrons. The highest BCUT2D eigenvalue weighted by molar-refractivity contribution is 8.00. The first kappa shape index (κ1) is 34.8. The minimum absolute atomic E-state index is 0.0825. The van der Waals surface area contributed by atoms with E-state index in [1.807, 2.05) is 72.8 Å². The predicted octanol–water partition coefficient (Wildman–Crippen LogP) is 8.55. The number of carbonyl (C=O) groups is 3. The van der Waals surface area contributed by atoms with Gasteiger partial charge < -0.3 is 25.4 Å². The molecule has 10 heteroatoms. The highest BCUT2D eigenvalue weighted by Crippen LogP contribution is 2.36. The molecule has 3 amide bonds. The molecule has 1 atom stereocenters. The molecule has 0 aliphatic rings. The van der Waals surface area contributed by atoms with Crippen molar-refractivity contribution in [2.24, 2.45) is 0 Å². The Labute approximate surface area is 294 Å². The summed E-state index contributed by atoms with van der Waals surface area (Å²) >= 11 is 7.60. The molecule has 0 aliphatic carbocycles. The largest absolute Gasteiger partial charge is 0.495 e. The molecule has 8 nitrogen and oxygen atoms in total.